The molecule has 0 bridgehead atoms. The van der Waals surface area contributed by atoms with E-state index in [0.717, 1.165) is 18.4 Å². The second-order valence-corrected chi connectivity index (χ2v) is 6.23. The molecule has 4 nitrogen and oxygen atoms in total. The number of para-hydroxylation sites is 1. The summed E-state index contributed by atoms with van der Waals surface area (Å²) in [5.74, 6) is -1.40. The lowest BCUT2D eigenvalue weighted by Gasteiger charge is -2.29. The second kappa shape index (κ2) is 5.03. The quantitative estimate of drug-likeness (QED) is 0.796. The number of nitrogens with one attached hydrogen (secondary N) is 1. The normalized spacial score (nSPS) is 26.2. The number of carbonyl (C=O) groups excluding carboxylic acids is 2. The summed E-state index contributed by atoms with van der Waals surface area (Å²) in [6.45, 7) is 0. The number of hydrogen-bond acceptors (Lipinski definition) is 3. The van der Waals surface area contributed by atoms with Crippen molar-refractivity contribution in [2.24, 2.45) is 5.92 Å². The predicted octanol–water partition coefficient (Wildman–Crippen LogP) is 2.66. The molecule has 1 amide bonds. The minimum absolute atomic E-state index is 0.146. The zero-order valence-corrected chi connectivity index (χ0v) is 12.6. The van der Waals surface area contributed by atoms with Crippen LogP contribution in [0, 0.1) is 5.92 Å². The van der Waals surface area contributed by atoms with Crippen LogP contribution in [0.5, 0.6) is 0 Å². The van der Waals surface area contributed by atoms with Gasteiger partial charge in [-0.05, 0) is 30.9 Å². The van der Waals surface area contributed by atoms with Gasteiger partial charge in [-0.2, -0.15) is 0 Å². The monoisotopic (exact) mass is 307 g/mol. The molecular weight excluding hydrogens is 290 g/mol. The van der Waals surface area contributed by atoms with E-state index in [9.17, 15) is 14.7 Å². The highest BCUT2D eigenvalue weighted by molar-refractivity contribution is 6.11. The SMILES string of the molecule is O=C1c2ccccc2CCC[C@@H]1[C@]1(O)C(=O)Nc2ccccc21. The molecular formula is C19H17NO3. The lowest BCUT2D eigenvalue weighted by Crippen LogP contribution is -2.45. The van der Waals surface area contributed by atoms with Gasteiger partial charge in [0, 0.05) is 16.8 Å². The molecule has 1 heterocycles. The Morgan fingerprint density at radius 3 is 2.65 bits per heavy atom. The Hall–Kier alpha value is -2.46. The fourth-order valence-corrected chi connectivity index (χ4v) is 3.80. The second-order valence-electron chi connectivity index (χ2n) is 6.23. The molecule has 2 atom stereocenters. The van der Waals surface area contributed by atoms with E-state index in [4.69, 9.17) is 0 Å². The van der Waals surface area contributed by atoms with Gasteiger partial charge in [0.15, 0.2) is 11.4 Å². The molecule has 4 heteroatoms. The summed E-state index contributed by atoms with van der Waals surface area (Å²) in [6.07, 6.45) is 2.05. The van der Waals surface area contributed by atoms with Gasteiger partial charge in [0.05, 0.1) is 5.92 Å². The van der Waals surface area contributed by atoms with Crippen molar-refractivity contribution in [2.45, 2.75) is 24.9 Å². The van der Waals surface area contributed by atoms with E-state index in [0.29, 0.717) is 23.2 Å². The van der Waals surface area contributed by atoms with Crippen LogP contribution in [-0.4, -0.2) is 16.8 Å². The van der Waals surface area contributed by atoms with Crippen molar-refractivity contribution in [1.82, 2.24) is 0 Å². The maximum absolute atomic E-state index is 13.0. The van der Waals surface area contributed by atoms with Gasteiger partial charge in [-0.15, -0.1) is 0 Å². The lowest BCUT2D eigenvalue weighted by atomic mass is 9.76. The molecule has 0 saturated heterocycles. The van der Waals surface area contributed by atoms with Crippen LogP contribution in [0.2, 0.25) is 0 Å². The third-order valence-corrected chi connectivity index (χ3v) is 4.97. The van der Waals surface area contributed by atoms with Gasteiger partial charge in [-0.1, -0.05) is 42.5 Å². The Morgan fingerprint density at radius 1 is 1.04 bits per heavy atom. The van der Waals surface area contributed by atoms with E-state index in [1.165, 1.54) is 0 Å². The molecule has 0 fully saturated rings. The first-order chi connectivity index (χ1) is 11.1. The standard InChI is InChI=1S/C19H17NO3/c21-17-13-8-2-1-6-12(13)7-5-10-15(17)19(23)14-9-3-4-11-16(14)20-18(19)22/h1-4,6,8-9,11,15,23H,5,7,10H2,(H,20,22)/t15-,19-/m0/s1. The fourth-order valence-electron chi connectivity index (χ4n) is 3.80. The van der Waals surface area contributed by atoms with Gasteiger partial charge in [-0.25, -0.2) is 0 Å². The predicted molar refractivity (Wildman–Crippen MR) is 86.2 cm³/mol. The molecule has 0 saturated carbocycles. The summed E-state index contributed by atoms with van der Waals surface area (Å²) in [7, 11) is 0. The van der Waals surface area contributed by atoms with Crippen molar-refractivity contribution in [2.75, 3.05) is 5.32 Å². The number of hydrogen-bond donors (Lipinski definition) is 2. The van der Waals surface area contributed by atoms with E-state index in [1.807, 2.05) is 18.2 Å². The smallest absolute Gasteiger partial charge is 0.261 e. The summed E-state index contributed by atoms with van der Waals surface area (Å²) in [4.78, 5) is 25.6. The summed E-state index contributed by atoms with van der Waals surface area (Å²) < 4.78 is 0. The Labute approximate surface area is 134 Å². The number of benzene rings is 2. The Morgan fingerprint density at radius 2 is 1.78 bits per heavy atom. The zero-order chi connectivity index (χ0) is 16.0. The van der Waals surface area contributed by atoms with Crippen LogP contribution in [0.3, 0.4) is 0 Å². The van der Waals surface area contributed by atoms with E-state index < -0.39 is 17.4 Å². The van der Waals surface area contributed by atoms with Crippen LogP contribution in [0.1, 0.15) is 34.3 Å². The first-order valence-electron chi connectivity index (χ1n) is 7.88. The number of aryl methyl sites for hydroxylation is 1. The average molecular weight is 307 g/mol. The summed E-state index contributed by atoms with van der Waals surface area (Å²) in [5, 5.41) is 13.9. The summed E-state index contributed by atoms with van der Waals surface area (Å²) >= 11 is 0. The van der Waals surface area contributed by atoms with Gasteiger partial charge in [-0.3, -0.25) is 9.59 Å². The molecule has 1 aliphatic heterocycles. The molecule has 0 radical (unpaired) electrons. The Bertz CT molecular complexity index is 814. The van der Waals surface area contributed by atoms with E-state index in [-0.39, 0.29) is 5.78 Å². The number of ketones is 1. The van der Waals surface area contributed by atoms with Gasteiger partial charge in [0.2, 0.25) is 0 Å². The fraction of sp³-hybridized carbons (Fsp3) is 0.263. The molecule has 0 spiro atoms. The summed E-state index contributed by atoms with van der Waals surface area (Å²) in [5.41, 5.74) is 0.925. The number of amides is 1. The van der Waals surface area contributed by atoms with Gasteiger partial charge in [0.1, 0.15) is 0 Å². The van der Waals surface area contributed by atoms with Crippen molar-refractivity contribution in [1.29, 1.82) is 0 Å². The van der Waals surface area contributed by atoms with Gasteiger partial charge < -0.3 is 10.4 Å². The molecule has 116 valence electrons. The Kier molecular flexibility index (Phi) is 3.10. The molecule has 23 heavy (non-hydrogen) atoms. The molecule has 2 N–H and O–H groups in total. The number of carbonyl (C=O) groups is 2. The third kappa shape index (κ3) is 1.95. The van der Waals surface area contributed by atoms with E-state index in [2.05, 4.69) is 5.32 Å². The van der Waals surface area contributed by atoms with Gasteiger partial charge in [0.25, 0.3) is 5.91 Å². The molecule has 2 aromatic rings. The average Bonchev–Trinajstić information content (AvgIpc) is 2.72. The first-order valence-corrected chi connectivity index (χ1v) is 7.88. The van der Waals surface area contributed by atoms with Crippen LogP contribution >= 0.6 is 0 Å². The molecule has 4 rings (SSSR count). The number of anilines is 1. The first kappa shape index (κ1) is 14.2. The highest BCUT2D eigenvalue weighted by Crippen LogP contribution is 2.45. The largest absolute Gasteiger partial charge is 0.375 e. The molecule has 2 aliphatic rings. The molecule has 0 aromatic heterocycles. The highest BCUT2D eigenvalue weighted by atomic mass is 16.3. The van der Waals surface area contributed by atoms with Crippen molar-refractivity contribution < 1.29 is 14.7 Å². The van der Waals surface area contributed by atoms with Crippen molar-refractivity contribution in [3.8, 4) is 0 Å². The number of Topliss-reactive ketones (excluding diaryl/α,β-unsaturated/α-hetero) is 1. The number of rotatable bonds is 1. The van der Waals surface area contributed by atoms with Crippen LogP contribution in [0.15, 0.2) is 48.5 Å². The van der Waals surface area contributed by atoms with Crippen molar-refractivity contribution in [3.05, 3.63) is 65.2 Å². The maximum Gasteiger partial charge on any atom is 0.261 e. The van der Waals surface area contributed by atoms with Crippen molar-refractivity contribution in [3.63, 3.8) is 0 Å². The zero-order valence-electron chi connectivity index (χ0n) is 12.6. The number of fused-ring (bicyclic) bond motifs is 2. The van der Waals surface area contributed by atoms with E-state index in [1.54, 1.807) is 30.3 Å². The number of aliphatic hydroxyl groups is 1. The van der Waals surface area contributed by atoms with Crippen LogP contribution in [0.4, 0.5) is 5.69 Å². The maximum atomic E-state index is 13.0. The van der Waals surface area contributed by atoms with Crippen molar-refractivity contribution >= 4 is 17.4 Å². The lowest BCUT2D eigenvalue weighted by molar-refractivity contribution is -0.138. The van der Waals surface area contributed by atoms with Crippen LogP contribution < -0.4 is 5.32 Å². The minimum atomic E-state index is -1.79. The Balaban J connectivity index is 1.84. The highest BCUT2D eigenvalue weighted by Gasteiger charge is 2.54. The molecule has 2 aromatic carbocycles. The van der Waals surface area contributed by atoms with Crippen LogP contribution in [-0.2, 0) is 16.8 Å². The van der Waals surface area contributed by atoms with Gasteiger partial charge >= 0.3 is 0 Å². The molecule has 0 unspecified atom stereocenters. The van der Waals surface area contributed by atoms with E-state index >= 15 is 0 Å². The molecule has 1 aliphatic carbocycles. The summed E-state index contributed by atoms with van der Waals surface area (Å²) in [6, 6.07) is 14.5. The minimum Gasteiger partial charge on any atom is -0.375 e. The topological polar surface area (TPSA) is 66.4 Å². The third-order valence-electron chi connectivity index (χ3n) is 4.97. The van der Waals surface area contributed by atoms with Crippen LogP contribution in [0.25, 0.3) is 0 Å².